The zero-order chi connectivity index (χ0) is 27.0. The maximum Gasteiger partial charge on any atom is 0.338 e. The Morgan fingerprint density at radius 3 is 2.14 bits per heavy atom. The summed E-state index contributed by atoms with van der Waals surface area (Å²) < 4.78 is 12.4. The second-order valence-electron chi connectivity index (χ2n) is 8.80. The average molecular weight is 503 g/mol. The van der Waals surface area contributed by atoms with Gasteiger partial charge in [-0.05, 0) is 33.8 Å². The van der Waals surface area contributed by atoms with Gasteiger partial charge in [-0.25, -0.2) is 19.3 Å². The molecule has 0 aliphatic heterocycles. The first-order valence-corrected chi connectivity index (χ1v) is 11.6. The van der Waals surface area contributed by atoms with Gasteiger partial charge >= 0.3 is 5.97 Å². The second-order valence-corrected chi connectivity index (χ2v) is 8.80. The lowest BCUT2D eigenvalue weighted by molar-refractivity contribution is -0.671. The van der Waals surface area contributed by atoms with Crippen LogP contribution in [-0.2, 0) is 26.1 Å². The van der Waals surface area contributed by atoms with Gasteiger partial charge < -0.3 is 20.1 Å². The van der Waals surface area contributed by atoms with E-state index in [1.165, 1.54) is 0 Å². The summed E-state index contributed by atoms with van der Waals surface area (Å²) in [7, 11) is 3.65. The fraction of sp³-hybridized carbons (Fsp3) is 0.520. The number of pyridine rings is 1. The van der Waals surface area contributed by atoms with Crippen LogP contribution in [0.25, 0.3) is 0 Å². The van der Waals surface area contributed by atoms with Crippen LogP contribution in [0.4, 0.5) is 0 Å². The first-order chi connectivity index (χ1) is 17.0. The van der Waals surface area contributed by atoms with E-state index in [4.69, 9.17) is 9.47 Å². The Bertz CT molecular complexity index is 993. The number of allylic oxidation sites excluding steroid dienone is 1. The normalized spacial score (nSPS) is 11.7. The van der Waals surface area contributed by atoms with E-state index in [1.54, 1.807) is 70.1 Å². The highest BCUT2D eigenvalue weighted by molar-refractivity contribution is 5.89. The molecule has 3 N–H and O–H groups in total. The largest absolute Gasteiger partial charge is 0.460 e. The van der Waals surface area contributed by atoms with Gasteiger partial charge in [-0.15, -0.1) is 0 Å². The number of rotatable bonds is 14. The third-order valence-corrected chi connectivity index (χ3v) is 4.75. The summed E-state index contributed by atoms with van der Waals surface area (Å²) in [5.41, 5.74) is -1.88. The van der Waals surface area contributed by atoms with Gasteiger partial charge in [0.1, 0.15) is 31.8 Å². The molecule has 0 aromatic carbocycles. The zero-order valence-electron chi connectivity index (χ0n) is 22.0. The number of aliphatic imine (C=N–C) groups is 2. The van der Waals surface area contributed by atoms with Gasteiger partial charge in [0.05, 0.1) is 31.3 Å². The van der Waals surface area contributed by atoms with Gasteiger partial charge in [-0.1, -0.05) is 6.08 Å². The van der Waals surface area contributed by atoms with Crippen molar-refractivity contribution in [1.29, 1.82) is 0 Å². The van der Waals surface area contributed by atoms with Gasteiger partial charge in [0.2, 0.25) is 11.8 Å². The lowest BCUT2D eigenvalue weighted by Gasteiger charge is -2.19. The Balaban J connectivity index is 2.44. The van der Waals surface area contributed by atoms with Gasteiger partial charge in [-0.2, -0.15) is 0 Å². The number of carbonyl (C=O) groups is 3. The molecule has 1 heterocycles. The molecule has 2 amide bonds. The summed E-state index contributed by atoms with van der Waals surface area (Å²) in [5.74, 6) is -1.18. The van der Waals surface area contributed by atoms with Gasteiger partial charge in [-0.3, -0.25) is 14.6 Å². The minimum absolute atomic E-state index is 0.0150. The van der Waals surface area contributed by atoms with Crippen molar-refractivity contribution < 1.29 is 33.4 Å². The monoisotopic (exact) mass is 502 g/mol. The molecule has 0 radical (unpaired) electrons. The Hall–Kier alpha value is -3.69. The minimum Gasteiger partial charge on any atom is -0.460 e. The van der Waals surface area contributed by atoms with Crippen LogP contribution in [0.3, 0.4) is 0 Å². The highest BCUT2D eigenvalue weighted by Gasteiger charge is 2.28. The van der Waals surface area contributed by atoms with Crippen LogP contribution in [0.2, 0.25) is 0 Å². The van der Waals surface area contributed by atoms with E-state index in [2.05, 4.69) is 31.6 Å². The van der Waals surface area contributed by atoms with Crippen LogP contribution < -0.4 is 20.2 Å². The van der Waals surface area contributed by atoms with Crippen molar-refractivity contribution >= 4 is 30.0 Å². The van der Waals surface area contributed by atoms with E-state index >= 15 is 0 Å². The third kappa shape index (κ3) is 11.6. The smallest absolute Gasteiger partial charge is 0.338 e. The molecule has 1 aromatic rings. The Morgan fingerprint density at radius 2 is 1.58 bits per heavy atom. The van der Waals surface area contributed by atoms with Crippen LogP contribution in [0.15, 0.2) is 46.7 Å². The lowest BCUT2D eigenvalue weighted by Crippen LogP contribution is -2.62. The molecule has 1 rings (SSSR count). The molecule has 11 nitrogen and oxygen atoms in total. The second kappa shape index (κ2) is 15.3. The Labute approximate surface area is 212 Å². The van der Waals surface area contributed by atoms with Crippen LogP contribution >= 0.6 is 0 Å². The van der Waals surface area contributed by atoms with E-state index in [-0.39, 0.29) is 19.1 Å². The number of ether oxygens (including phenoxy) is 2. The number of esters is 1. The molecule has 196 valence electrons. The van der Waals surface area contributed by atoms with Crippen molar-refractivity contribution in [3.63, 3.8) is 0 Å². The van der Waals surface area contributed by atoms with E-state index < -0.39 is 23.0 Å². The fourth-order valence-corrected chi connectivity index (χ4v) is 2.45. The van der Waals surface area contributed by atoms with E-state index in [0.29, 0.717) is 25.3 Å². The molecule has 0 aliphatic carbocycles. The van der Waals surface area contributed by atoms with Crippen LogP contribution in [-0.4, -0.2) is 81.0 Å². The standard InChI is InChI=1S/C25H36N6O5/c1-24(2,22(33)27-12-17-35-16-8-7-11-26-5)29-19-30-25(3,4)23(34)28-13-18-36-21(32)20-9-14-31(6)15-10-20/h7-11,14-15H,12-13,16-18H2,1-6H3,(H-,27,28,33,34)/p+2/b8-7+,26-11?. The maximum atomic E-state index is 12.5. The van der Waals surface area contributed by atoms with Crippen LogP contribution in [0, 0.1) is 0 Å². The predicted molar refractivity (Wildman–Crippen MR) is 135 cm³/mol. The first kappa shape index (κ1) is 30.3. The van der Waals surface area contributed by atoms with Crippen LogP contribution in [0.1, 0.15) is 38.1 Å². The van der Waals surface area contributed by atoms with Crippen molar-refractivity contribution in [2.24, 2.45) is 17.0 Å². The number of nitrogens with one attached hydrogen (secondary N) is 3. The number of amides is 2. The zero-order valence-corrected chi connectivity index (χ0v) is 22.0. The van der Waals surface area contributed by atoms with Crippen molar-refractivity contribution in [2.45, 2.75) is 38.8 Å². The molecule has 0 saturated heterocycles. The highest BCUT2D eigenvalue weighted by Crippen LogP contribution is 2.10. The molecule has 0 atom stereocenters. The summed E-state index contributed by atoms with van der Waals surface area (Å²) >= 11 is 0. The van der Waals surface area contributed by atoms with Crippen molar-refractivity contribution in [3.8, 4) is 0 Å². The fourth-order valence-electron chi connectivity index (χ4n) is 2.45. The molecule has 0 fully saturated rings. The van der Waals surface area contributed by atoms with Gasteiger partial charge in [0, 0.05) is 18.7 Å². The summed E-state index contributed by atoms with van der Waals surface area (Å²) in [6.07, 6.45) is 8.94. The van der Waals surface area contributed by atoms with Crippen molar-refractivity contribution in [3.05, 3.63) is 42.2 Å². The number of carbonyl (C=O) groups excluding carboxylic acids is 3. The minimum atomic E-state index is -1.18. The van der Waals surface area contributed by atoms with E-state index in [9.17, 15) is 14.4 Å². The number of aromatic nitrogens is 1. The summed E-state index contributed by atoms with van der Waals surface area (Å²) in [6, 6.07) is 5.79. The Morgan fingerprint density at radius 1 is 1.03 bits per heavy atom. The molecular formula is C25H38N6O5+2. The highest BCUT2D eigenvalue weighted by atomic mass is 16.5. The average Bonchev–Trinajstić information content (AvgIpc) is 2.83. The van der Waals surface area contributed by atoms with Crippen molar-refractivity contribution in [1.82, 2.24) is 10.6 Å². The number of nitrogens with zero attached hydrogens (tertiary/aromatic N) is 3. The molecule has 0 saturated carbocycles. The molecule has 0 bridgehead atoms. The molecule has 0 spiro atoms. The number of aryl methyl sites for hydroxylation is 1. The molecule has 0 unspecified atom stereocenters. The number of hydrogen-bond acceptors (Lipinski definition) is 7. The quantitative estimate of drug-likeness (QED) is 0.130. The van der Waals surface area contributed by atoms with Gasteiger partial charge in [0.25, 0.3) is 0 Å². The molecular weight excluding hydrogens is 464 g/mol. The molecule has 0 aliphatic rings. The lowest BCUT2D eigenvalue weighted by atomic mass is 10.1. The summed E-state index contributed by atoms with van der Waals surface area (Å²) in [5, 5.41) is 5.41. The topological polar surface area (TPSA) is 136 Å². The number of hydrogen-bond donors (Lipinski definition) is 3. The molecule has 36 heavy (non-hydrogen) atoms. The summed E-state index contributed by atoms with van der Waals surface area (Å²) in [4.78, 5) is 47.9. The third-order valence-electron chi connectivity index (χ3n) is 4.75. The Kier molecular flexibility index (Phi) is 12.9. The van der Waals surface area contributed by atoms with Gasteiger partial charge in [0.15, 0.2) is 18.6 Å². The SMILES string of the molecule is C[NH+]=C/C=C/COCCNC(=O)C(C)(C)N=C=NC(C)(C)C(=O)NCCOC(=O)c1cc[n+](C)cc1. The van der Waals surface area contributed by atoms with Crippen molar-refractivity contribution in [2.75, 3.05) is 40.0 Å². The van der Waals surface area contributed by atoms with E-state index in [1.807, 2.05) is 19.2 Å². The predicted octanol–water partition coefficient (Wildman–Crippen LogP) is -1.01. The van der Waals surface area contributed by atoms with E-state index in [0.717, 1.165) is 0 Å². The molecule has 11 heteroatoms. The first-order valence-electron chi connectivity index (χ1n) is 11.6. The maximum absolute atomic E-state index is 12.5. The molecule has 1 aromatic heterocycles. The van der Waals surface area contributed by atoms with Crippen LogP contribution in [0.5, 0.6) is 0 Å². The summed E-state index contributed by atoms with van der Waals surface area (Å²) in [6.45, 7) is 7.69.